The molecule has 3 atom stereocenters. The van der Waals surface area contributed by atoms with Crippen molar-refractivity contribution in [3.8, 4) is 0 Å². The van der Waals surface area contributed by atoms with Gasteiger partial charge in [-0.1, -0.05) is 6.42 Å². The van der Waals surface area contributed by atoms with Crippen LogP contribution in [0.3, 0.4) is 0 Å². The van der Waals surface area contributed by atoms with Crippen LogP contribution < -0.4 is 5.32 Å². The molecule has 0 aromatic rings. The van der Waals surface area contributed by atoms with Gasteiger partial charge in [-0.3, -0.25) is 4.99 Å². The normalized spacial score (nSPS) is 38.6. The van der Waals surface area contributed by atoms with E-state index in [4.69, 9.17) is 0 Å². The first kappa shape index (κ1) is 9.49. The second kappa shape index (κ2) is 3.69. The van der Waals surface area contributed by atoms with E-state index in [-0.39, 0.29) is 0 Å². The lowest BCUT2D eigenvalue weighted by Crippen LogP contribution is -2.39. The van der Waals surface area contributed by atoms with E-state index in [1.54, 1.807) is 0 Å². The average molecular weight is 207 g/mol. The predicted molar refractivity (Wildman–Crippen MR) is 61.9 cm³/mol. The molecule has 2 bridgehead atoms. The van der Waals surface area contributed by atoms with Crippen LogP contribution in [0.4, 0.5) is 0 Å². The molecule has 0 spiro atoms. The fraction of sp³-hybridized carbons (Fsp3) is 0.917. The number of rotatable bonds is 2. The van der Waals surface area contributed by atoms with Gasteiger partial charge >= 0.3 is 0 Å². The van der Waals surface area contributed by atoms with Crippen molar-refractivity contribution in [3.05, 3.63) is 0 Å². The zero-order chi connectivity index (χ0) is 10.3. The van der Waals surface area contributed by atoms with Gasteiger partial charge in [-0.05, 0) is 37.0 Å². The number of fused-ring (bicyclic) bond motifs is 2. The van der Waals surface area contributed by atoms with E-state index in [0.717, 1.165) is 43.3 Å². The van der Waals surface area contributed by atoms with Crippen molar-refractivity contribution >= 4 is 5.96 Å². The maximum absolute atomic E-state index is 4.47. The van der Waals surface area contributed by atoms with Crippen LogP contribution in [0.15, 0.2) is 4.99 Å². The Labute approximate surface area is 91.9 Å². The number of guanidine groups is 1. The lowest BCUT2D eigenvalue weighted by atomic mass is 9.89. The van der Waals surface area contributed by atoms with Crippen LogP contribution in [0.25, 0.3) is 0 Å². The van der Waals surface area contributed by atoms with Crippen LogP contribution in [-0.4, -0.2) is 37.5 Å². The van der Waals surface area contributed by atoms with E-state index in [2.05, 4.69) is 22.3 Å². The van der Waals surface area contributed by atoms with Gasteiger partial charge in [0.1, 0.15) is 0 Å². The van der Waals surface area contributed by atoms with Crippen molar-refractivity contribution in [2.45, 2.75) is 25.7 Å². The third-order valence-corrected chi connectivity index (χ3v) is 4.47. The molecule has 0 aromatic heterocycles. The summed E-state index contributed by atoms with van der Waals surface area (Å²) in [5, 5.41) is 3.53. The van der Waals surface area contributed by atoms with E-state index >= 15 is 0 Å². The topological polar surface area (TPSA) is 27.6 Å². The molecule has 3 aliphatic rings. The highest BCUT2D eigenvalue weighted by atomic mass is 15.3. The molecule has 1 aliphatic heterocycles. The van der Waals surface area contributed by atoms with Crippen LogP contribution in [0.2, 0.25) is 0 Å². The molecule has 0 radical (unpaired) electrons. The third-order valence-electron chi connectivity index (χ3n) is 4.47. The van der Waals surface area contributed by atoms with Gasteiger partial charge in [0, 0.05) is 20.1 Å². The number of nitrogens with zero attached hydrogens (tertiary/aromatic N) is 2. The predicted octanol–water partition coefficient (Wildman–Crippen LogP) is 1.31. The quantitative estimate of drug-likeness (QED) is 0.739. The third kappa shape index (κ3) is 1.72. The van der Waals surface area contributed by atoms with E-state index in [0.29, 0.717) is 0 Å². The second-order valence-corrected chi connectivity index (χ2v) is 5.44. The summed E-state index contributed by atoms with van der Waals surface area (Å²) in [5.74, 6) is 4.14. The fourth-order valence-electron chi connectivity index (χ4n) is 3.57. The molecule has 3 rings (SSSR count). The summed E-state index contributed by atoms with van der Waals surface area (Å²) in [6.07, 6.45) is 5.96. The molecule has 3 nitrogen and oxygen atoms in total. The van der Waals surface area contributed by atoms with E-state index in [1.807, 2.05) is 0 Å². The van der Waals surface area contributed by atoms with Crippen LogP contribution in [0.1, 0.15) is 25.7 Å². The van der Waals surface area contributed by atoms with Crippen LogP contribution in [0.5, 0.6) is 0 Å². The maximum atomic E-state index is 4.47. The number of hydrogen-bond donors (Lipinski definition) is 1. The largest absolute Gasteiger partial charge is 0.356 e. The zero-order valence-corrected chi connectivity index (χ0v) is 9.58. The summed E-state index contributed by atoms with van der Waals surface area (Å²) in [5.41, 5.74) is 0. The molecule has 0 saturated heterocycles. The summed E-state index contributed by atoms with van der Waals surface area (Å²) in [4.78, 5) is 6.70. The molecule has 2 saturated carbocycles. The Morgan fingerprint density at radius 3 is 2.93 bits per heavy atom. The summed E-state index contributed by atoms with van der Waals surface area (Å²) >= 11 is 0. The summed E-state index contributed by atoms with van der Waals surface area (Å²) < 4.78 is 0. The lowest BCUT2D eigenvalue weighted by molar-refractivity contribution is 0.329. The Bertz CT molecular complexity index is 274. The molecule has 15 heavy (non-hydrogen) atoms. The number of likely N-dealkylation sites (N-methyl/N-ethyl adjacent to an activating group) is 1. The number of hydrogen-bond acceptors (Lipinski definition) is 3. The summed E-state index contributed by atoms with van der Waals surface area (Å²) in [6, 6.07) is 0. The molecule has 2 aliphatic carbocycles. The Morgan fingerprint density at radius 2 is 2.33 bits per heavy atom. The molecular weight excluding hydrogens is 186 g/mol. The van der Waals surface area contributed by atoms with Crippen LogP contribution >= 0.6 is 0 Å². The van der Waals surface area contributed by atoms with Crippen molar-refractivity contribution in [1.82, 2.24) is 10.2 Å². The molecule has 3 unspecified atom stereocenters. The minimum atomic E-state index is 0.931. The van der Waals surface area contributed by atoms with Gasteiger partial charge in [0.05, 0.1) is 6.54 Å². The van der Waals surface area contributed by atoms with Crippen molar-refractivity contribution in [1.29, 1.82) is 0 Å². The smallest absolute Gasteiger partial charge is 0.193 e. The van der Waals surface area contributed by atoms with Gasteiger partial charge in [-0.15, -0.1) is 0 Å². The van der Waals surface area contributed by atoms with Gasteiger partial charge in [0.25, 0.3) is 0 Å². The van der Waals surface area contributed by atoms with Gasteiger partial charge in [-0.2, -0.15) is 0 Å². The summed E-state index contributed by atoms with van der Waals surface area (Å²) in [7, 11) is 2.12. The molecular formula is C12H21N3. The minimum Gasteiger partial charge on any atom is -0.356 e. The molecule has 0 aromatic carbocycles. The van der Waals surface area contributed by atoms with E-state index in [1.165, 1.54) is 25.7 Å². The van der Waals surface area contributed by atoms with Crippen LogP contribution in [0, 0.1) is 17.8 Å². The number of nitrogens with one attached hydrogen (secondary N) is 1. The summed E-state index contributed by atoms with van der Waals surface area (Å²) in [6.45, 7) is 3.21. The highest BCUT2D eigenvalue weighted by Crippen LogP contribution is 2.47. The number of aliphatic imine (C=N–C) groups is 1. The molecule has 3 heteroatoms. The van der Waals surface area contributed by atoms with E-state index < -0.39 is 0 Å². The molecule has 2 fully saturated rings. The van der Waals surface area contributed by atoms with E-state index in [9.17, 15) is 0 Å². The fourth-order valence-corrected chi connectivity index (χ4v) is 3.57. The van der Waals surface area contributed by atoms with Crippen molar-refractivity contribution in [2.24, 2.45) is 22.7 Å². The van der Waals surface area contributed by atoms with Crippen molar-refractivity contribution in [2.75, 3.05) is 26.7 Å². The SMILES string of the molecule is CN1CCN=C1NCC1CC2CCC1C2. The zero-order valence-electron chi connectivity index (χ0n) is 9.58. The average Bonchev–Trinajstić information content (AvgIpc) is 2.90. The molecule has 0 amide bonds. The highest BCUT2D eigenvalue weighted by molar-refractivity contribution is 5.81. The van der Waals surface area contributed by atoms with Gasteiger partial charge in [-0.25, -0.2) is 0 Å². The van der Waals surface area contributed by atoms with Gasteiger partial charge in [0.2, 0.25) is 0 Å². The monoisotopic (exact) mass is 207 g/mol. The Balaban J connectivity index is 1.50. The molecule has 1 heterocycles. The minimum absolute atomic E-state index is 0.931. The Hall–Kier alpha value is -0.730. The van der Waals surface area contributed by atoms with Gasteiger partial charge in [0.15, 0.2) is 5.96 Å². The lowest BCUT2D eigenvalue weighted by Gasteiger charge is -2.24. The van der Waals surface area contributed by atoms with Crippen molar-refractivity contribution in [3.63, 3.8) is 0 Å². The van der Waals surface area contributed by atoms with Crippen LogP contribution in [-0.2, 0) is 0 Å². The maximum Gasteiger partial charge on any atom is 0.193 e. The van der Waals surface area contributed by atoms with Crippen molar-refractivity contribution < 1.29 is 0 Å². The first-order valence-corrected chi connectivity index (χ1v) is 6.32. The second-order valence-electron chi connectivity index (χ2n) is 5.44. The molecule has 84 valence electrons. The standard InChI is InChI=1S/C12H21N3/c1-15-5-4-13-12(15)14-8-11-7-9-2-3-10(11)6-9/h9-11H,2-8H2,1H3,(H,13,14). The Kier molecular flexibility index (Phi) is 2.33. The van der Waals surface area contributed by atoms with Gasteiger partial charge < -0.3 is 10.2 Å². The first-order chi connectivity index (χ1) is 7.33. The Morgan fingerprint density at radius 1 is 1.40 bits per heavy atom. The highest BCUT2D eigenvalue weighted by Gasteiger charge is 2.39. The molecule has 1 N–H and O–H groups in total. The first-order valence-electron chi connectivity index (χ1n) is 6.32.